The first-order valence-electron chi connectivity index (χ1n) is 11.5. The first-order valence-corrected chi connectivity index (χ1v) is 12.3. The quantitative estimate of drug-likeness (QED) is 0.523. The second-order valence-electron chi connectivity index (χ2n) is 8.64. The molecule has 10 nitrogen and oxygen atoms in total. The molecule has 186 valence electrons. The second-order valence-corrected chi connectivity index (χ2v) is 9.65. The Hall–Kier alpha value is -3.99. The van der Waals surface area contributed by atoms with Gasteiger partial charge < -0.3 is 24.6 Å². The Morgan fingerprint density at radius 3 is 2.00 bits per heavy atom. The summed E-state index contributed by atoms with van der Waals surface area (Å²) in [5, 5.41) is 12.2. The van der Waals surface area contributed by atoms with Gasteiger partial charge in [-0.25, -0.2) is 0 Å². The van der Waals surface area contributed by atoms with E-state index in [0.717, 1.165) is 17.1 Å². The zero-order valence-electron chi connectivity index (χ0n) is 19.8. The van der Waals surface area contributed by atoms with E-state index in [2.05, 4.69) is 15.5 Å². The molecular weight excluding hydrogens is 482 g/mol. The van der Waals surface area contributed by atoms with E-state index < -0.39 is 5.92 Å². The highest BCUT2D eigenvalue weighted by atomic mass is 32.1. The van der Waals surface area contributed by atoms with Crippen LogP contribution in [0.2, 0.25) is 0 Å². The summed E-state index contributed by atoms with van der Waals surface area (Å²) in [5.41, 5.74) is 1.52. The van der Waals surface area contributed by atoms with Crippen molar-refractivity contribution in [1.29, 1.82) is 0 Å². The molecule has 3 heterocycles. The van der Waals surface area contributed by atoms with Gasteiger partial charge in [0.05, 0.1) is 20.1 Å². The molecule has 36 heavy (non-hydrogen) atoms. The fourth-order valence-electron chi connectivity index (χ4n) is 4.44. The van der Waals surface area contributed by atoms with Crippen LogP contribution in [-0.4, -0.2) is 55.2 Å². The molecule has 2 aromatic carbocycles. The Balaban J connectivity index is 1.20. The summed E-state index contributed by atoms with van der Waals surface area (Å²) in [6.45, 7) is 0.776. The van der Waals surface area contributed by atoms with Crippen molar-refractivity contribution in [3.8, 4) is 11.5 Å². The van der Waals surface area contributed by atoms with Gasteiger partial charge in [0.15, 0.2) is 0 Å². The molecule has 0 spiro atoms. The molecular formula is C25H25N5O5S. The number of anilines is 3. The molecule has 0 aliphatic carbocycles. The van der Waals surface area contributed by atoms with Crippen LogP contribution in [0.5, 0.6) is 11.5 Å². The number of nitrogens with one attached hydrogen (secondary N) is 1. The van der Waals surface area contributed by atoms with Crippen LogP contribution in [0.15, 0.2) is 48.5 Å². The van der Waals surface area contributed by atoms with Gasteiger partial charge in [0.25, 0.3) is 0 Å². The molecule has 11 heteroatoms. The topological polar surface area (TPSA) is 114 Å². The largest absolute Gasteiger partial charge is 0.497 e. The summed E-state index contributed by atoms with van der Waals surface area (Å²) in [5.74, 6) is 0.442. The zero-order valence-corrected chi connectivity index (χ0v) is 20.7. The highest BCUT2D eigenvalue weighted by Gasteiger charge is 2.37. The zero-order chi connectivity index (χ0) is 25.2. The Bertz CT molecular complexity index is 1280. The average Bonchev–Trinajstić information content (AvgIpc) is 3.62. The number of amides is 3. The van der Waals surface area contributed by atoms with E-state index in [4.69, 9.17) is 9.47 Å². The summed E-state index contributed by atoms with van der Waals surface area (Å²) in [4.78, 5) is 41.4. The third kappa shape index (κ3) is 4.74. The van der Waals surface area contributed by atoms with Crippen molar-refractivity contribution in [3.05, 3.63) is 53.5 Å². The van der Waals surface area contributed by atoms with Gasteiger partial charge in [-0.05, 0) is 48.5 Å². The summed E-state index contributed by atoms with van der Waals surface area (Å²) in [7, 11) is 3.18. The summed E-state index contributed by atoms with van der Waals surface area (Å²) < 4.78 is 10.3. The number of hydrogen-bond acceptors (Lipinski definition) is 8. The van der Waals surface area contributed by atoms with Crippen LogP contribution >= 0.6 is 11.3 Å². The smallest absolute Gasteiger partial charge is 0.231 e. The predicted molar refractivity (Wildman–Crippen MR) is 135 cm³/mol. The van der Waals surface area contributed by atoms with Gasteiger partial charge in [0.2, 0.25) is 22.9 Å². The predicted octanol–water partition coefficient (Wildman–Crippen LogP) is 3.07. The van der Waals surface area contributed by atoms with Gasteiger partial charge in [-0.1, -0.05) is 11.3 Å². The minimum Gasteiger partial charge on any atom is -0.497 e. The van der Waals surface area contributed by atoms with Crippen LogP contribution in [-0.2, 0) is 14.4 Å². The van der Waals surface area contributed by atoms with Crippen LogP contribution in [0.1, 0.15) is 23.8 Å². The van der Waals surface area contributed by atoms with E-state index in [1.165, 1.54) is 11.3 Å². The molecule has 1 N–H and O–H groups in total. The van der Waals surface area contributed by atoms with Crippen molar-refractivity contribution in [3.63, 3.8) is 0 Å². The maximum atomic E-state index is 12.9. The number of carbonyl (C=O) groups is 3. The molecule has 3 aromatic rings. The molecule has 2 atom stereocenters. The number of aromatic nitrogens is 2. The van der Waals surface area contributed by atoms with E-state index >= 15 is 0 Å². The number of hydrogen-bond donors (Lipinski definition) is 1. The van der Waals surface area contributed by atoms with Crippen LogP contribution in [0.4, 0.5) is 16.5 Å². The van der Waals surface area contributed by atoms with Gasteiger partial charge in [-0.15, -0.1) is 10.2 Å². The Kier molecular flexibility index (Phi) is 6.55. The van der Waals surface area contributed by atoms with Crippen molar-refractivity contribution in [2.24, 2.45) is 5.92 Å². The third-order valence-electron chi connectivity index (χ3n) is 6.41. The highest BCUT2D eigenvalue weighted by Crippen LogP contribution is 2.35. The second kappa shape index (κ2) is 9.94. The lowest BCUT2D eigenvalue weighted by molar-refractivity contribution is -0.122. The maximum absolute atomic E-state index is 12.9. The van der Waals surface area contributed by atoms with Gasteiger partial charge in [-0.3, -0.25) is 14.4 Å². The normalized spacial score (nSPS) is 19.6. The first kappa shape index (κ1) is 23.7. The molecule has 0 saturated carbocycles. The van der Waals surface area contributed by atoms with Crippen molar-refractivity contribution >= 4 is 45.6 Å². The standard InChI is InChI=1S/C25H25N5O5S/c1-34-19-7-3-17(4-8-19)29-13-15(11-21(29)31)23(33)26-25-28-27-24(36-25)16-12-22(32)30(14-16)18-5-9-20(35-2)10-6-18/h3-10,15-16H,11-14H2,1-2H3,(H,26,28,33). The molecule has 1 aromatic heterocycles. The Labute approximate surface area is 211 Å². The average molecular weight is 508 g/mol. The van der Waals surface area contributed by atoms with E-state index in [1.807, 2.05) is 24.3 Å². The molecule has 0 radical (unpaired) electrons. The molecule has 2 aliphatic rings. The van der Waals surface area contributed by atoms with E-state index in [-0.39, 0.29) is 36.6 Å². The molecule has 2 aliphatic heterocycles. The lowest BCUT2D eigenvalue weighted by atomic mass is 10.1. The van der Waals surface area contributed by atoms with Crippen LogP contribution in [0.25, 0.3) is 0 Å². The minimum atomic E-state index is -0.495. The number of nitrogens with zero attached hydrogens (tertiary/aromatic N) is 4. The Morgan fingerprint density at radius 1 is 0.861 bits per heavy atom. The summed E-state index contributed by atoms with van der Waals surface area (Å²) in [6.07, 6.45) is 0.444. The SMILES string of the molecule is COc1ccc(N2CC(C(=O)Nc3nnc(C4CC(=O)N(c5ccc(OC)cc5)C4)s3)CC2=O)cc1. The number of rotatable bonds is 7. The van der Waals surface area contributed by atoms with Gasteiger partial charge in [0.1, 0.15) is 16.5 Å². The monoisotopic (exact) mass is 507 g/mol. The van der Waals surface area contributed by atoms with Crippen LogP contribution in [0, 0.1) is 5.92 Å². The van der Waals surface area contributed by atoms with Gasteiger partial charge in [-0.2, -0.15) is 0 Å². The molecule has 2 saturated heterocycles. The van der Waals surface area contributed by atoms with Gasteiger partial charge >= 0.3 is 0 Å². The molecule has 5 rings (SSSR count). The highest BCUT2D eigenvalue weighted by molar-refractivity contribution is 7.15. The molecule has 0 bridgehead atoms. The Morgan fingerprint density at radius 2 is 1.42 bits per heavy atom. The maximum Gasteiger partial charge on any atom is 0.231 e. The number of methoxy groups -OCH3 is 2. The fraction of sp³-hybridized carbons (Fsp3) is 0.320. The van der Waals surface area contributed by atoms with Gasteiger partial charge in [0, 0.05) is 43.2 Å². The lowest BCUT2D eigenvalue weighted by Crippen LogP contribution is -2.28. The number of carbonyl (C=O) groups excluding carboxylic acids is 3. The fourth-order valence-corrected chi connectivity index (χ4v) is 5.27. The van der Waals surface area contributed by atoms with Crippen LogP contribution < -0.4 is 24.6 Å². The molecule has 3 amide bonds. The van der Waals surface area contributed by atoms with Crippen molar-refractivity contribution in [2.45, 2.75) is 18.8 Å². The summed E-state index contributed by atoms with van der Waals surface area (Å²) in [6, 6.07) is 14.5. The molecule has 2 fully saturated rings. The van der Waals surface area contributed by atoms with Crippen molar-refractivity contribution in [1.82, 2.24) is 10.2 Å². The summed E-state index contributed by atoms with van der Waals surface area (Å²) >= 11 is 1.26. The third-order valence-corrected chi connectivity index (χ3v) is 7.41. The first-order chi connectivity index (χ1) is 17.4. The van der Waals surface area contributed by atoms with Crippen molar-refractivity contribution in [2.75, 3.05) is 42.4 Å². The number of benzene rings is 2. The van der Waals surface area contributed by atoms with Crippen LogP contribution in [0.3, 0.4) is 0 Å². The number of ether oxygens (including phenoxy) is 2. The van der Waals surface area contributed by atoms with E-state index in [0.29, 0.717) is 28.9 Å². The van der Waals surface area contributed by atoms with E-state index in [9.17, 15) is 14.4 Å². The molecule has 2 unspecified atom stereocenters. The van der Waals surface area contributed by atoms with Crippen molar-refractivity contribution < 1.29 is 23.9 Å². The minimum absolute atomic E-state index is 0.00837. The van der Waals surface area contributed by atoms with E-state index in [1.54, 1.807) is 48.3 Å². The lowest BCUT2D eigenvalue weighted by Gasteiger charge is -2.17.